The third-order valence-electron chi connectivity index (χ3n) is 5.40. The number of aryl methyl sites for hydroxylation is 1. The lowest BCUT2D eigenvalue weighted by atomic mass is 10.1. The van der Waals surface area contributed by atoms with Gasteiger partial charge in [-0.2, -0.15) is 0 Å². The van der Waals surface area contributed by atoms with E-state index in [0.29, 0.717) is 12.2 Å². The maximum atomic E-state index is 13.3. The van der Waals surface area contributed by atoms with E-state index in [0.717, 1.165) is 28.7 Å². The summed E-state index contributed by atoms with van der Waals surface area (Å²) in [5, 5.41) is 1.03. The summed E-state index contributed by atoms with van der Waals surface area (Å²) in [5.41, 5.74) is 3.88. The molecule has 1 amide bonds. The van der Waals surface area contributed by atoms with Gasteiger partial charge in [0.1, 0.15) is 0 Å². The van der Waals surface area contributed by atoms with Gasteiger partial charge in [-0.25, -0.2) is 0 Å². The molecule has 0 saturated carbocycles. The molecule has 0 saturated heterocycles. The van der Waals surface area contributed by atoms with Gasteiger partial charge in [0.25, 0.3) is 5.91 Å². The van der Waals surface area contributed by atoms with Crippen LogP contribution in [0.5, 0.6) is 0 Å². The molecule has 0 spiro atoms. The minimum Gasteiger partial charge on any atom is -0.469 e. The van der Waals surface area contributed by atoms with Gasteiger partial charge in [-0.3, -0.25) is 9.59 Å². The van der Waals surface area contributed by atoms with Crippen LogP contribution in [-0.2, 0) is 30.3 Å². The molecular formula is C22H32N2O6. The number of aromatic nitrogens is 1. The maximum absolute atomic E-state index is 13.3. The second-order valence-corrected chi connectivity index (χ2v) is 7.07. The van der Waals surface area contributed by atoms with Crippen LogP contribution in [0.2, 0.25) is 0 Å². The number of nitrogens with zero attached hydrogens (tertiary/aromatic N) is 2. The van der Waals surface area contributed by atoms with Crippen molar-refractivity contribution in [3.63, 3.8) is 0 Å². The van der Waals surface area contributed by atoms with Gasteiger partial charge in [0.15, 0.2) is 6.29 Å². The van der Waals surface area contributed by atoms with E-state index in [2.05, 4.69) is 18.4 Å². The number of rotatable bonds is 11. The molecule has 1 heterocycles. The quantitative estimate of drug-likeness (QED) is 0.411. The third kappa shape index (κ3) is 5.38. The van der Waals surface area contributed by atoms with Crippen LogP contribution in [0.15, 0.2) is 18.2 Å². The van der Waals surface area contributed by atoms with E-state index < -0.39 is 6.29 Å². The summed E-state index contributed by atoms with van der Waals surface area (Å²) in [6.45, 7) is 5.89. The van der Waals surface area contributed by atoms with Gasteiger partial charge in [-0.05, 0) is 37.6 Å². The van der Waals surface area contributed by atoms with Crippen molar-refractivity contribution in [1.29, 1.82) is 0 Å². The van der Waals surface area contributed by atoms with Crippen LogP contribution in [0.4, 0.5) is 0 Å². The summed E-state index contributed by atoms with van der Waals surface area (Å²) < 4.78 is 22.6. The number of carbonyl (C=O) groups excluding carboxylic acids is 2. The Bertz CT molecular complexity index is 872. The Morgan fingerprint density at radius 2 is 1.80 bits per heavy atom. The van der Waals surface area contributed by atoms with Gasteiger partial charge >= 0.3 is 5.97 Å². The molecule has 8 nitrogen and oxygen atoms in total. The standard InChI is InChI=1S/C22H32N2O6/c1-15-16(2)24(11-12-27-3)19-8-7-17(13-18(15)19)22(26)23(10-9-20(25)28-4)14-21(29-5)30-6/h7-8,13,21H,9-12,14H2,1-6H3. The van der Waals surface area contributed by atoms with Crippen molar-refractivity contribution in [2.75, 3.05) is 48.1 Å². The highest BCUT2D eigenvalue weighted by Gasteiger charge is 2.22. The highest BCUT2D eigenvalue weighted by molar-refractivity contribution is 5.99. The fourth-order valence-electron chi connectivity index (χ4n) is 3.47. The largest absolute Gasteiger partial charge is 0.469 e. The first-order chi connectivity index (χ1) is 14.4. The van der Waals surface area contributed by atoms with E-state index >= 15 is 0 Å². The molecule has 2 rings (SSSR count). The monoisotopic (exact) mass is 420 g/mol. The van der Waals surface area contributed by atoms with Gasteiger partial charge in [-0.1, -0.05) is 0 Å². The molecule has 1 aromatic heterocycles. The molecular weight excluding hydrogens is 388 g/mol. The Morgan fingerprint density at radius 1 is 1.10 bits per heavy atom. The van der Waals surface area contributed by atoms with Crippen molar-refractivity contribution >= 4 is 22.8 Å². The number of esters is 1. The van der Waals surface area contributed by atoms with Crippen molar-refractivity contribution in [3.05, 3.63) is 35.0 Å². The molecule has 0 atom stereocenters. The van der Waals surface area contributed by atoms with Gasteiger partial charge in [0.2, 0.25) is 0 Å². The molecule has 30 heavy (non-hydrogen) atoms. The van der Waals surface area contributed by atoms with Crippen LogP contribution in [-0.4, -0.2) is 75.8 Å². The highest BCUT2D eigenvalue weighted by atomic mass is 16.7. The maximum Gasteiger partial charge on any atom is 0.307 e. The normalized spacial score (nSPS) is 11.3. The number of hydrogen-bond acceptors (Lipinski definition) is 6. The minimum atomic E-state index is -0.588. The molecule has 0 aliphatic carbocycles. The zero-order valence-electron chi connectivity index (χ0n) is 18.7. The van der Waals surface area contributed by atoms with Gasteiger partial charge in [-0.15, -0.1) is 0 Å². The predicted octanol–water partition coefficient (Wildman–Crippen LogP) is 2.53. The van der Waals surface area contributed by atoms with Crippen molar-refractivity contribution in [2.24, 2.45) is 0 Å². The van der Waals surface area contributed by atoms with Crippen LogP contribution in [0.25, 0.3) is 10.9 Å². The Labute approximate surface area is 177 Å². The SMILES string of the molecule is COCCn1c(C)c(C)c2cc(C(=O)N(CCC(=O)OC)CC(OC)OC)ccc21. The summed E-state index contributed by atoms with van der Waals surface area (Å²) >= 11 is 0. The van der Waals surface area contributed by atoms with Crippen LogP contribution in [0, 0.1) is 13.8 Å². The average Bonchev–Trinajstić information content (AvgIpc) is 3.01. The van der Waals surface area contributed by atoms with Crippen molar-refractivity contribution in [3.8, 4) is 0 Å². The zero-order valence-corrected chi connectivity index (χ0v) is 18.7. The van der Waals surface area contributed by atoms with Crippen molar-refractivity contribution in [1.82, 2.24) is 9.47 Å². The molecule has 0 aliphatic heterocycles. The molecule has 0 radical (unpaired) electrons. The van der Waals surface area contributed by atoms with Crippen molar-refractivity contribution in [2.45, 2.75) is 33.1 Å². The van der Waals surface area contributed by atoms with E-state index in [1.54, 1.807) is 12.0 Å². The first-order valence-electron chi connectivity index (χ1n) is 9.87. The first kappa shape index (κ1) is 23.9. The van der Waals surface area contributed by atoms with E-state index in [1.165, 1.54) is 21.3 Å². The molecule has 2 aromatic rings. The highest BCUT2D eigenvalue weighted by Crippen LogP contribution is 2.27. The predicted molar refractivity (Wildman–Crippen MR) is 114 cm³/mol. The Balaban J connectivity index is 2.35. The number of benzene rings is 1. The second-order valence-electron chi connectivity index (χ2n) is 7.07. The van der Waals surface area contributed by atoms with E-state index in [9.17, 15) is 9.59 Å². The van der Waals surface area contributed by atoms with Crippen LogP contribution >= 0.6 is 0 Å². The summed E-state index contributed by atoms with van der Waals surface area (Å²) in [6, 6.07) is 5.68. The number of amides is 1. The smallest absolute Gasteiger partial charge is 0.307 e. The number of hydrogen-bond donors (Lipinski definition) is 0. The summed E-state index contributed by atoms with van der Waals surface area (Å²) in [4.78, 5) is 26.4. The van der Waals surface area contributed by atoms with Gasteiger partial charge < -0.3 is 28.4 Å². The Hall–Kier alpha value is -2.42. The molecule has 0 N–H and O–H groups in total. The number of carbonyl (C=O) groups is 2. The van der Waals surface area contributed by atoms with Crippen LogP contribution in [0.3, 0.4) is 0 Å². The molecule has 0 bridgehead atoms. The van der Waals surface area contributed by atoms with E-state index in [1.807, 2.05) is 18.2 Å². The lowest BCUT2D eigenvalue weighted by Gasteiger charge is -2.26. The summed E-state index contributed by atoms with van der Waals surface area (Å²) in [5.74, 6) is -0.571. The number of fused-ring (bicyclic) bond motifs is 1. The van der Waals surface area contributed by atoms with Gasteiger partial charge in [0.05, 0.1) is 26.7 Å². The topological polar surface area (TPSA) is 79.2 Å². The van der Waals surface area contributed by atoms with E-state index in [4.69, 9.17) is 18.9 Å². The zero-order chi connectivity index (χ0) is 22.3. The molecule has 8 heteroatoms. The molecule has 0 unspecified atom stereocenters. The van der Waals surface area contributed by atoms with E-state index in [-0.39, 0.29) is 31.4 Å². The van der Waals surface area contributed by atoms with Crippen LogP contribution in [0.1, 0.15) is 28.0 Å². The molecule has 0 aliphatic rings. The lowest BCUT2D eigenvalue weighted by molar-refractivity contribution is -0.141. The summed E-state index contributed by atoms with van der Waals surface area (Å²) in [7, 11) is 6.03. The molecule has 1 aromatic carbocycles. The first-order valence-corrected chi connectivity index (χ1v) is 9.87. The average molecular weight is 421 g/mol. The second kappa shape index (κ2) is 11.1. The fraction of sp³-hybridized carbons (Fsp3) is 0.545. The fourth-order valence-corrected chi connectivity index (χ4v) is 3.47. The Kier molecular flexibility index (Phi) is 8.83. The van der Waals surface area contributed by atoms with Crippen LogP contribution < -0.4 is 0 Å². The molecule has 166 valence electrons. The molecule has 0 fully saturated rings. The summed E-state index contributed by atoms with van der Waals surface area (Å²) in [6.07, 6.45) is -0.495. The minimum absolute atomic E-state index is 0.0934. The lowest BCUT2D eigenvalue weighted by Crippen LogP contribution is -2.40. The third-order valence-corrected chi connectivity index (χ3v) is 5.40. The Morgan fingerprint density at radius 3 is 2.40 bits per heavy atom. The number of ether oxygens (including phenoxy) is 4. The van der Waals surface area contributed by atoms with Gasteiger partial charge in [0, 0.05) is 56.6 Å². The number of methoxy groups -OCH3 is 4. The van der Waals surface area contributed by atoms with Crippen molar-refractivity contribution < 1.29 is 28.5 Å².